The van der Waals surface area contributed by atoms with Crippen LogP contribution in [0.4, 0.5) is 0 Å². The van der Waals surface area contributed by atoms with E-state index in [1.54, 1.807) is 31.4 Å². The molecule has 0 heterocycles. The van der Waals surface area contributed by atoms with E-state index < -0.39 is 0 Å². The van der Waals surface area contributed by atoms with E-state index in [0.29, 0.717) is 17.9 Å². The topological polar surface area (TPSA) is 73.9 Å². The lowest BCUT2D eigenvalue weighted by Gasteiger charge is -2.08. The van der Waals surface area contributed by atoms with Gasteiger partial charge in [-0.15, -0.1) is 0 Å². The number of amides is 1. The molecule has 6 nitrogen and oxygen atoms in total. The Balaban J connectivity index is 1.59. The van der Waals surface area contributed by atoms with Crippen LogP contribution in [0, 0.1) is 0 Å². The summed E-state index contributed by atoms with van der Waals surface area (Å²) in [5.41, 5.74) is 2.85. The second kappa shape index (κ2) is 10.1. The summed E-state index contributed by atoms with van der Waals surface area (Å²) in [7, 11) is 1.56. The zero-order chi connectivity index (χ0) is 17.9. The molecule has 0 saturated carbocycles. The van der Waals surface area contributed by atoms with E-state index >= 15 is 0 Å². The van der Waals surface area contributed by atoms with Crippen molar-refractivity contribution in [3.8, 4) is 11.5 Å². The minimum absolute atomic E-state index is 0.0599. The summed E-state index contributed by atoms with van der Waals surface area (Å²) < 4.78 is 10.5. The number of hydrogen-bond acceptors (Lipinski definition) is 5. The fourth-order valence-electron chi connectivity index (χ4n) is 2.05. The van der Waals surface area contributed by atoms with Crippen molar-refractivity contribution in [2.45, 2.75) is 12.8 Å². The zero-order valence-corrected chi connectivity index (χ0v) is 14.1. The first-order valence-electron chi connectivity index (χ1n) is 7.95. The fraction of sp³-hybridized carbons (Fsp3) is 0.263. The maximum atomic E-state index is 12.0. The molecule has 0 fully saturated rings. The first kappa shape index (κ1) is 18.5. The van der Waals surface area contributed by atoms with Gasteiger partial charge in [0.1, 0.15) is 24.7 Å². The van der Waals surface area contributed by atoms with E-state index in [4.69, 9.17) is 14.3 Å². The van der Waals surface area contributed by atoms with E-state index in [0.717, 1.165) is 5.75 Å². The minimum atomic E-state index is -0.346. The number of nitrogens with one attached hydrogen (secondary N) is 1. The van der Waals surface area contributed by atoms with Gasteiger partial charge in [-0.2, -0.15) is 0 Å². The van der Waals surface area contributed by atoms with E-state index in [1.807, 2.05) is 30.3 Å². The molecular formula is C19H21NO5. The molecule has 0 aliphatic rings. The van der Waals surface area contributed by atoms with Gasteiger partial charge in [-0.3, -0.25) is 14.4 Å². The highest BCUT2D eigenvalue weighted by molar-refractivity contribution is 5.97. The number of ether oxygens (including phenoxy) is 2. The van der Waals surface area contributed by atoms with E-state index in [2.05, 4.69) is 5.48 Å². The van der Waals surface area contributed by atoms with Crippen molar-refractivity contribution in [2.24, 2.45) is 0 Å². The maximum absolute atomic E-state index is 12.0. The molecule has 1 amide bonds. The molecule has 0 bridgehead atoms. The summed E-state index contributed by atoms with van der Waals surface area (Å²) in [6.45, 7) is 0.530. The molecule has 0 aromatic heterocycles. The molecule has 0 saturated heterocycles. The van der Waals surface area contributed by atoms with Crippen molar-refractivity contribution < 1.29 is 23.9 Å². The smallest absolute Gasteiger partial charge is 0.243 e. The van der Waals surface area contributed by atoms with Gasteiger partial charge in [0.05, 0.1) is 7.11 Å². The fourth-order valence-corrected chi connectivity index (χ4v) is 2.05. The van der Waals surface area contributed by atoms with Crippen LogP contribution in [0.15, 0.2) is 54.6 Å². The van der Waals surface area contributed by atoms with E-state index in [-0.39, 0.29) is 31.1 Å². The lowest BCUT2D eigenvalue weighted by molar-refractivity contribution is -0.134. The van der Waals surface area contributed by atoms with Gasteiger partial charge in [0.15, 0.2) is 5.78 Å². The van der Waals surface area contributed by atoms with Gasteiger partial charge in [0, 0.05) is 18.4 Å². The molecule has 2 aromatic rings. The number of hydrogen-bond donors (Lipinski definition) is 1. The van der Waals surface area contributed by atoms with Crippen LogP contribution in [0.25, 0.3) is 0 Å². The van der Waals surface area contributed by atoms with Gasteiger partial charge in [-0.25, -0.2) is 5.48 Å². The predicted molar refractivity (Wildman–Crippen MR) is 92.6 cm³/mol. The summed E-state index contributed by atoms with van der Waals surface area (Å²) in [6.07, 6.45) is 0.173. The third-order valence-electron chi connectivity index (χ3n) is 3.37. The van der Waals surface area contributed by atoms with E-state index in [9.17, 15) is 9.59 Å². The number of methoxy groups -OCH3 is 1. The first-order valence-corrected chi connectivity index (χ1v) is 7.95. The SMILES string of the molecule is COc1ccc(C(=O)CCC(=O)NOCCOc2ccccc2)cc1. The van der Waals surface area contributed by atoms with Gasteiger partial charge < -0.3 is 9.47 Å². The zero-order valence-electron chi connectivity index (χ0n) is 14.1. The minimum Gasteiger partial charge on any atom is -0.497 e. The van der Waals surface area contributed by atoms with Crippen molar-refractivity contribution in [3.05, 3.63) is 60.2 Å². The molecule has 25 heavy (non-hydrogen) atoms. The van der Waals surface area contributed by atoms with E-state index in [1.165, 1.54) is 0 Å². The Morgan fingerprint density at radius 3 is 2.28 bits per heavy atom. The number of para-hydroxylation sites is 1. The number of rotatable bonds is 10. The lowest BCUT2D eigenvalue weighted by atomic mass is 10.1. The summed E-state index contributed by atoms with van der Waals surface area (Å²) in [6, 6.07) is 16.1. The average molecular weight is 343 g/mol. The number of benzene rings is 2. The first-order chi connectivity index (χ1) is 12.2. The average Bonchev–Trinajstić information content (AvgIpc) is 2.66. The predicted octanol–water partition coefficient (Wildman–Crippen LogP) is 2.78. The van der Waals surface area contributed by atoms with Crippen molar-refractivity contribution in [1.29, 1.82) is 0 Å². The van der Waals surface area contributed by atoms with Gasteiger partial charge in [-0.05, 0) is 36.4 Å². The van der Waals surface area contributed by atoms with Crippen LogP contribution in [-0.2, 0) is 9.63 Å². The Labute approximate surface area is 146 Å². The van der Waals surface area contributed by atoms with Crippen molar-refractivity contribution >= 4 is 11.7 Å². The molecule has 0 atom stereocenters. The highest BCUT2D eigenvalue weighted by Gasteiger charge is 2.09. The molecule has 6 heteroatoms. The van der Waals surface area contributed by atoms with Crippen molar-refractivity contribution in [1.82, 2.24) is 5.48 Å². The molecular weight excluding hydrogens is 322 g/mol. The van der Waals surface area contributed by atoms with Crippen LogP contribution in [0.1, 0.15) is 23.2 Å². The summed E-state index contributed by atoms with van der Waals surface area (Å²) in [5.74, 6) is 0.967. The third-order valence-corrected chi connectivity index (χ3v) is 3.37. The van der Waals surface area contributed by atoms with Crippen molar-refractivity contribution in [2.75, 3.05) is 20.3 Å². The van der Waals surface area contributed by atoms with Crippen molar-refractivity contribution in [3.63, 3.8) is 0 Å². The quantitative estimate of drug-likeness (QED) is 0.408. The third kappa shape index (κ3) is 6.64. The number of hydroxylamine groups is 1. The van der Waals surface area contributed by atoms with Crippen LogP contribution >= 0.6 is 0 Å². The van der Waals surface area contributed by atoms with Gasteiger partial charge >= 0.3 is 0 Å². The number of Topliss-reactive ketones (excluding diaryl/α,β-unsaturated/α-hetero) is 1. The van der Waals surface area contributed by atoms with Crippen LogP contribution in [0.2, 0.25) is 0 Å². The molecule has 132 valence electrons. The van der Waals surface area contributed by atoms with Crippen LogP contribution in [-0.4, -0.2) is 32.0 Å². The van der Waals surface area contributed by atoms with Crippen LogP contribution in [0.5, 0.6) is 11.5 Å². The standard InChI is InChI=1S/C19H21NO5/c1-23-16-9-7-15(8-10-16)18(21)11-12-19(22)20-25-14-13-24-17-5-3-2-4-6-17/h2-10H,11-14H2,1H3,(H,20,22). The molecule has 0 aliphatic carbocycles. The Morgan fingerprint density at radius 2 is 1.60 bits per heavy atom. The Bertz CT molecular complexity index is 670. The highest BCUT2D eigenvalue weighted by atomic mass is 16.7. The molecule has 1 N–H and O–H groups in total. The number of carbonyl (C=O) groups is 2. The summed E-state index contributed by atoms with van der Waals surface area (Å²) >= 11 is 0. The summed E-state index contributed by atoms with van der Waals surface area (Å²) in [4.78, 5) is 28.7. The second-order valence-corrected chi connectivity index (χ2v) is 5.19. The lowest BCUT2D eigenvalue weighted by Crippen LogP contribution is -2.26. The van der Waals surface area contributed by atoms with Gasteiger partial charge in [-0.1, -0.05) is 18.2 Å². The number of ketones is 1. The Kier molecular flexibility index (Phi) is 7.46. The van der Waals surface area contributed by atoms with Gasteiger partial charge in [0.2, 0.25) is 5.91 Å². The molecule has 2 rings (SSSR count). The van der Waals surface area contributed by atoms with Gasteiger partial charge in [0.25, 0.3) is 0 Å². The monoisotopic (exact) mass is 343 g/mol. The molecule has 0 unspecified atom stereocenters. The molecule has 0 spiro atoms. The largest absolute Gasteiger partial charge is 0.497 e. The molecule has 0 aliphatic heterocycles. The maximum Gasteiger partial charge on any atom is 0.243 e. The highest BCUT2D eigenvalue weighted by Crippen LogP contribution is 2.13. The normalized spacial score (nSPS) is 10.1. The Morgan fingerprint density at radius 1 is 0.880 bits per heavy atom. The Hall–Kier alpha value is -2.86. The van der Waals surface area contributed by atoms with Crippen LogP contribution in [0.3, 0.4) is 0 Å². The second-order valence-electron chi connectivity index (χ2n) is 5.19. The molecule has 0 radical (unpaired) electrons. The summed E-state index contributed by atoms with van der Waals surface area (Å²) in [5, 5.41) is 0. The van der Waals surface area contributed by atoms with Crippen LogP contribution < -0.4 is 15.0 Å². The molecule has 2 aromatic carbocycles. The number of carbonyl (C=O) groups excluding carboxylic acids is 2.